The van der Waals surface area contributed by atoms with Crippen molar-refractivity contribution in [2.75, 3.05) is 6.61 Å². The number of halogens is 1. The molecule has 1 aromatic carbocycles. The van der Waals surface area contributed by atoms with Gasteiger partial charge in [0.2, 0.25) is 0 Å². The molecule has 6 nitrogen and oxygen atoms in total. The highest BCUT2D eigenvalue weighted by atomic mass is 35.5. The third-order valence-corrected chi connectivity index (χ3v) is 2.47. The first-order valence-electron chi connectivity index (χ1n) is 5.48. The first-order valence-corrected chi connectivity index (χ1v) is 5.86. The maximum absolute atomic E-state index is 11.5. The lowest BCUT2D eigenvalue weighted by molar-refractivity contribution is -0.145. The third kappa shape index (κ3) is 5.15. The van der Waals surface area contributed by atoms with E-state index in [1.807, 2.05) is 0 Å². The molecule has 1 amide bonds. The van der Waals surface area contributed by atoms with Crippen molar-refractivity contribution in [2.45, 2.75) is 19.1 Å². The van der Waals surface area contributed by atoms with Crippen LogP contribution in [0.5, 0.6) is 5.75 Å². The van der Waals surface area contributed by atoms with E-state index >= 15 is 0 Å². The van der Waals surface area contributed by atoms with Gasteiger partial charge in [-0.3, -0.25) is 4.79 Å². The quantitative estimate of drug-likeness (QED) is 0.715. The lowest BCUT2D eigenvalue weighted by Gasteiger charge is -2.17. The predicted molar refractivity (Wildman–Crippen MR) is 68.2 cm³/mol. The van der Waals surface area contributed by atoms with Crippen LogP contribution in [0.15, 0.2) is 24.3 Å². The van der Waals surface area contributed by atoms with Gasteiger partial charge in [-0.15, -0.1) is 0 Å². The number of hydrogen-bond donors (Lipinski definition) is 3. The summed E-state index contributed by atoms with van der Waals surface area (Å²) in [5, 5.41) is 20.6. The third-order valence-electron chi connectivity index (χ3n) is 2.23. The second-order valence-electron chi connectivity index (χ2n) is 3.87. The number of carbonyl (C=O) groups is 2. The summed E-state index contributed by atoms with van der Waals surface area (Å²) in [5.41, 5.74) is 0. The molecular weight excluding hydrogens is 274 g/mol. The van der Waals surface area contributed by atoms with E-state index in [9.17, 15) is 14.7 Å². The number of aliphatic hydroxyl groups is 1. The van der Waals surface area contributed by atoms with E-state index in [1.54, 1.807) is 18.2 Å². The van der Waals surface area contributed by atoms with Crippen LogP contribution in [-0.2, 0) is 9.59 Å². The molecule has 104 valence electrons. The minimum Gasteiger partial charge on any atom is -0.484 e. The van der Waals surface area contributed by atoms with Gasteiger partial charge in [0.25, 0.3) is 5.91 Å². The zero-order valence-corrected chi connectivity index (χ0v) is 10.9. The summed E-state index contributed by atoms with van der Waals surface area (Å²) in [4.78, 5) is 22.2. The number of carbonyl (C=O) groups excluding carboxylic acids is 1. The van der Waals surface area contributed by atoms with Crippen molar-refractivity contribution in [2.24, 2.45) is 0 Å². The zero-order chi connectivity index (χ0) is 14.4. The molecule has 1 aromatic rings. The number of ether oxygens (including phenoxy) is 1. The number of benzene rings is 1. The van der Waals surface area contributed by atoms with Gasteiger partial charge in [0.1, 0.15) is 5.75 Å². The van der Waals surface area contributed by atoms with Crippen LogP contribution >= 0.6 is 11.6 Å². The van der Waals surface area contributed by atoms with Crippen LogP contribution in [0.1, 0.15) is 6.92 Å². The molecule has 0 radical (unpaired) electrons. The van der Waals surface area contributed by atoms with E-state index < -0.39 is 24.0 Å². The van der Waals surface area contributed by atoms with Gasteiger partial charge in [0, 0.05) is 5.02 Å². The minimum absolute atomic E-state index is 0.364. The Bertz CT molecular complexity index is 463. The normalized spacial score (nSPS) is 13.4. The highest BCUT2D eigenvalue weighted by Crippen LogP contribution is 2.16. The molecular formula is C12H14ClNO5. The molecule has 3 N–H and O–H groups in total. The van der Waals surface area contributed by atoms with Gasteiger partial charge >= 0.3 is 5.97 Å². The summed E-state index contributed by atoms with van der Waals surface area (Å²) in [7, 11) is 0. The van der Waals surface area contributed by atoms with Gasteiger partial charge in [0.15, 0.2) is 12.6 Å². The van der Waals surface area contributed by atoms with Crippen LogP contribution in [0.25, 0.3) is 0 Å². The molecule has 0 fully saturated rings. The summed E-state index contributed by atoms with van der Waals surface area (Å²) < 4.78 is 5.14. The minimum atomic E-state index is -1.37. The maximum Gasteiger partial charge on any atom is 0.328 e. The van der Waals surface area contributed by atoms with Crippen molar-refractivity contribution in [3.05, 3.63) is 29.3 Å². The smallest absolute Gasteiger partial charge is 0.328 e. The van der Waals surface area contributed by atoms with E-state index in [-0.39, 0.29) is 6.61 Å². The van der Waals surface area contributed by atoms with E-state index in [0.29, 0.717) is 10.8 Å². The number of carboxylic acid groups (broad SMARTS) is 1. The summed E-state index contributed by atoms with van der Waals surface area (Å²) >= 11 is 5.74. The Morgan fingerprint density at radius 2 is 2.16 bits per heavy atom. The van der Waals surface area contributed by atoms with Gasteiger partial charge in [-0.05, 0) is 25.1 Å². The van der Waals surface area contributed by atoms with Crippen molar-refractivity contribution < 1.29 is 24.5 Å². The molecule has 0 aromatic heterocycles. The van der Waals surface area contributed by atoms with Crippen LogP contribution in [0, 0.1) is 0 Å². The Labute approximate surface area is 114 Å². The highest BCUT2D eigenvalue weighted by Gasteiger charge is 2.24. The average Bonchev–Trinajstić information content (AvgIpc) is 2.32. The maximum atomic E-state index is 11.5. The molecule has 0 saturated heterocycles. The molecule has 1 rings (SSSR count). The van der Waals surface area contributed by atoms with Crippen LogP contribution in [0.3, 0.4) is 0 Å². The molecule has 0 saturated carbocycles. The molecule has 0 heterocycles. The van der Waals surface area contributed by atoms with Crippen molar-refractivity contribution in [3.8, 4) is 5.75 Å². The average molecular weight is 288 g/mol. The van der Waals surface area contributed by atoms with Gasteiger partial charge in [-0.1, -0.05) is 17.7 Å². The summed E-state index contributed by atoms with van der Waals surface area (Å²) in [5.74, 6) is -1.56. The fourth-order valence-corrected chi connectivity index (χ4v) is 1.49. The van der Waals surface area contributed by atoms with Crippen molar-refractivity contribution >= 4 is 23.5 Å². The number of amides is 1. The number of rotatable bonds is 6. The van der Waals surface area contributed by atoms with E-state index in [1.165, 1.54) is 13.0 Å². The van der Waals surface area contributed by atoms with E-state index in [2.05, 4.69) is 5.32 Å². The second-order valence-corrected chi connectivity index (χ2v) is 4.31. The molecule has 19 heavy (non-hydrogen) atoms. The Kier molecular flexibility index (Phi) is 5.59. The molecule has 0 aliphatic rings. The molecule has 0 bridgehead atoms. The highest BCUT2D eigenvalue weighted by molar-refractivity contribution is 6.30. The van der Waals surface area contributed by atoms with Crippen molar-refractivity contribution in [1.82, 2.24) is 5.32 Å². The van der Waals surface area contributed by atoms with Gasteiger partial charge < -0.3 is 20.3 Å². The largest absolute Gasteiger partial charge is 0.484 e. The Hall–Kier alpha value is -1.79. The van der Waals surface area contributed by atoms with Gasteiger partial charge in [0.05, 0.1) is 6.10 Å². The van der Waals surface area contributed by atoms with E-state index in [0.717, 1.165) is 0 Å². The Balaban J connectivity index is 2.49. The molecule has 0 spiro atoms. The monoisotopic (exact) mass is 287 g/mol. The second kappa shape index (κ2) is 6.96. The number of carboxylic acids is 1. The molecule has 0 aliphatic heterocycles. The molecule has 2 atom stereocenters. The molecule has 0 unspecified atom stereocenters. The van der Waals surface area contributed by atoms with Gasteiger partial charge in [-0.2, -0.15) is 0 Å². The summed E-state index contributed by atoms with van der Waals surface area (Å²) in [6, 6.07) is 5.09. The number of hydrogen-bond acceptors (Lipinski definition) is 4. The molecule has 7 heteroatoms. The fourth-order valence-electron chi connectivity index (χ4n) is 1.31. The first-order chi connectivity index (χ1) is 8.90. The van der Waals surface area contributed by atoms with E-state index in [4.69, 9.17) is 21.4 Å². The number of aliphatic carboxylic acids is 1. The number of aliphatic hydroxyl groups excluding tert-OH is 1. The van der Waals surface area contributed by atoms with Gasteiger partial charge in [-0.25, -0.2) is 4.79 Å². The lowest BCUT2D eigenvalue weighted by atomic mass is 10.2. The van der Waals surface area contributed by atoms with Crippen LogP contribution in [-0.4, -0.2) is 40.8 Å². The topological polar surface area (TPSA) is 95.9 Å². The Morgan fingerprint density at radius 1 is 1.47 bits per heavy atom. The lowest BCUT2D eigenvalue weighted by Crippen LogP contribution is -2.49. The predicted octanol–water partition coefficient (Wildman–Crippen LogP) is 0.669. The van der Waals surface area contributed by atoms with Crippen molar-refractivity contribution in [3.63, 3.8) is 0 Å². The SMILES string of the molecule is C[C@@H](O)[C@H](NC(=O)COc1cccc(Cl)c1)C(=O)O. The Morgan fingerprint density at radius 3 is 2.68 bits per heavy atom. The molecule has 0 aliphatic carbocycles. The zero-order valence-electron chi connectivity index (χ0n) is 10.2. The van der Waals surface area contributed by atoms with Crippen LogP contribution < -0.4 is 10.1 Å². The van der Waals surface area contributed by atoms with Crippen molar-refractivity contribution in [1.29, 1.82) is 0 Å². The van der Waals surface area contributed by atoms with Crippen LogP contribution in [0.4, 0.5) is 0 Å². The number of nitrogens with one attached hydrogen (secondary N) is 1. The first kappa shape index (κ1) is 15.3. The summed E-state index contributed by atoms with van der Waals surface area (Å²) in [6.45, 7) is 0.910. The standard InChI is InChI=1S/C12H14ClNO5/c1-7(15)11(12(17)18)14-10(16)6-19-9-4-2-3-8(13)5-9/h2-5,7,11,15H,6H2,1H3,(H,14,16)(H,17,18)/t7-,11+/m1/s1. The fraction of sp³-hybridized carbons (Fsp3) is 0.333. The van der Waals surface area contributed by atoms with Crippen LogP contribution in [0.2, 0.25) is 5.02 Å². The summed E-state index contributed by atoms with van der Waals surface area (Å²) in [6.07, 6.45) is -1.20.